The lowest BCUT2D eigenvalue weighted by atomic mass is 10.0. The number of halogens is 4. The summed E-state index contributed by atoms with van der Waals surface area (Å²) < 4.78 is 38.7. The van der Waals surface area contributed by atoms with Gasteiger partial charge in [0.2, 0.25) is 0 Å². The molecule has 1 aromatic carbocycles. The largest absolute Gasteiger partial charge is 0.416 e. The number of nitrogens with one attached hydrogen (secondary N) is 1. The quantitative estimate of drug-likeness (QED) is 0.866. The molecule has 21 heavy (non-hydrogen) atoms. The number of aromatic nitrogens is 1. The van der Waals surface area contributed by atoms with Gasteiger partial charge in [0, 0.05) is 10.7 Å². The molecule has 0 amide bonds. The van der Waals surface area contributed by atoms with Crippen LogP contribution in [0.3, 0.4) is 0 Å². The third kappa shape index (κ3) is 3.83. The Bertz CT molecular complexity index is 597. The first kappa shape index (κ1) is 16.0. The van der Waals surface area contributed by atoms with Crippen molar-refractivity contribution < 1.29 is 13.2 Å². The summed E-state index contributed by atoms with van der Waals surface area (Å²) in [5.41, 5.74) is 0.838. The second-order valence-electron chi connectivity index (χ2n) is 4.48. The second-order valence-corrected chi connectivity index (χ2v) is 5.34. The molecule has 6 heteroatoms. The molecule has 0 fully saturated rings. The van der Waals surface area contributed by atoms with Gasteiger partial charge in [0.1, 0.15) is 0 Å². The molecule has 0 aliphatic rings. The van der Waals surface area contributed by atoms with Crippen molar-refractivity contribution in [1.82, 2.24) is 10.3 Å². The van der Waals surface area contributed by atoms with Crippen LogP contribution in [0.5, 0.6) is 0 Å². The summed E-state index contributed by atoms with van der Waals surface area (Å²) in [6, 6.07) is 8.55. The first-order valence-corrected chi connectivity index (χ1v) is 7.23. The minimum absolute atomic E-state index is 0.257. The van der Waals surface area contributed by atoms with Crippen molar-refractivity contribution in [1.29, 1.82) is 0 Å². The van der Waals surface area contributed by atoms with Gasteiger partial charge >= 0.3 is 6.18 Å². The van der Waals surface area contributed by atoms with E-state index in [0.29, 0.717) is 6.54 Å². The van der Waals surface area contributed by atoms with Gasteiger partial charge in [0.05, 0.1) is 17.3 Å². The molecule has 1 aromatic heterocycles. The van der Waals surface area contributed by atoms with E-state index in [0.717, 1.165) is 27.9 Å². The zero-order valence-corrected chi connectivity index (χ0v) is 12.9. The van der Waals surface area contributed by atoms with Gasteiger partial charge in [-0.05, 0) is 52.3 Å². The van der Waals surface area contributed by atoms with E-state index in [2.05, 4.69) is 26.2 Å². The number of alkyl halides is 3. The van der Waals surface area contributed by atoms with Crippen LogP contribution in [0.15, 0.2) is 47.1 Å². The average molecular weight is 359 g/mol. The van der Waals surface area contributed by atoms with E-state index in [-0.39, 0.29) is 6.04 Å². The molecule has 0 aliphatic carbocycles. The summed E-state index contributed by atoms with van der Waals surface area (Å²) in [6.45, 7) is 2.61. The van der Waals surface area contributed by atoms with Crippen LogP contribution in [0.1, 0.15) is 29.8 Å². The molecule has 1 atom stereocenters. The smallest absolute Gasteiger partial charge is 0.305 e. The Hall–Kier alpha value is -1.40. The van der Waals surface area contributed by atoms with E-state index in [9.17, 15) is 13.2 Å². The predicted molar refractivity (Wildman–Crippen MR) is 78.9 cm³/mol. The Morgan fingerprint density at radius 3 is 2.38 bits per heavy atom. The summed E-state index contributed by atoms with van der Waals surface area (Å²) >= 11 is 3.43. The van der Waals surface area contributed by atoms with Crippen molar-refractivity contribution in [2.45, 2.75) is 19.1 Å². The van der Waals surface area contributed by atoms with Gasteiger partial charge in [0.15, 0.2) is 0 Å². The van der Waals surface area contributed by atoms with Gasteiger partial charge in [-0.3, -0.25) is 4.98 Å². The molecule has 112 valence electrons. The van der Waals surface area contributed by atoms with Gasteiger partial charge in [-0.1, -0.05) is 19.1 Å². The third-order valence-electron chi connectivity index (χ3n) is 3.04. The van der Waals surface area contributed by atoms with E-state index < -0.39 is 11.7 Å². The lowest BCUT2D eigenvalue weighted by molar-refractivity contribution is -0.137. The van der Waals surface area contributed by atoms with Crippen LogP contribution in [-0.2, 0) is 6.18 Å². The van der Waals surface area contributed by atoms with Gasteiger partial charge in [-0.2, -0.15) is 13.2 Å². The van der Waals surface area contributed by atoms with Gasteiger partial charge in [-0.25, -0.2) is 0 Å². The van der Waals surface area contributed by atoms with Crippen LogP contribution in [0, 0.1) is 0 Å². The fraction of sp³-hybridized carbons (Fsp3) is 0.267. The number of benzene rings is 1. The maximum Gasteiger partial charge on any atom is 0.416 e. The Morgan fingerprint density at radius 2 is 1.86 bits per heavy atom. The molecule has 2 aromatic rings. The van der Waals surface area contributed by atoms with Crippen molar-refractivity contribution >= 4 is 15.9 Å². The normalized spacial score (nSPS) is 13.2. The molecule has 2 rings (SSSR count). The first-order chi connectivity index (χ1) is 9.93. The fourth-order valence-electron chi connectivity index (χ4n) is 2.05. The van der Waals surface area contributed by atoms with Crippen LogP contribution in [0.2, 0.25) is 0 Å². The zero-order valence-electron chi connectivity index (χ0n) is 11.3. The van der Waals surface area contributed by atoms with Crippen LogP contribution < -0.4 is 5.32 Å². The standard InChI is InChI=1S/C15H14BrF3N2/c1-2-20-13(14-12(16)4-3-9-21-14)10-5-7-11(8-6-10)15(17,18)19/h3-9,13,20H,2H2,1H3. The van der Waals surface area contributed by atoms with E-state index >= 15 is 0 Å². The van der Waals surface area contributed by atoms with Crippen molar-refractivity contribution in [3.8, 4) is 0 Å². The van der Waals surface area contributed by atoms with E-state index in [1.807, 2.05) is 13.0 Å². The Morgan fingerprint density at radius 1 is 1.19 bits per heavy atom. The lowest BCUT2D eigenvalue weighted by Gasteiger charge is -2.19. The molecule has 0 bridgehead atoms. The predicted octanol–water partition coefficient (Wildman–Crippen LogP) is 4.56. The topological polar surface area (TPSA) is 24.9 Å². The maximum atomic E-state index is 12.6. The van der Waals surface area contributed by atoms with E-state index in [1.165, 1.54) is 12.1 Å². The lowest BCUT2D eigenvalue weighted by Crippen LogP contribution is -2.23. The fourth-order valence-corrected chi connectivity index (χ4v) is 2.54. The second kappa shape index (κ2) is 6.58. The first-order valence-electron chi connectivity index (χ1n) is 6.44. The SMILES string of the molecule is CCNC(c1ccc(C(F)(F)F)cc1)c1ncccc1Br. The van der Waals surface area contributed by atoms with Crippen LogP contribution in [0.25, 0.3) is 0 Å². The highest BCUT2D eigenvalue weighted by molar-refractivity contribution is 9.10. The molecule has 0 aliphatic heterocycles. The van der Waals surface area contributed by atoms with Crippen LogP contribution in [0.4, 0.5) is 13.2 Å². The highest BCUT2D eigenvalue weighted by atomic mass is 79.9. The molecule has 1 N–H and O–H groups in total. The van der Waals surface area contributed by atoms with E-state index in [4.69, 9.17) is 0 Å². The molecular weight excluding hydrogens is 345 g/mol. The van der Waals surface area contributed by atoms with Crippen LogP contribution in [-0.4, -0.2) is 11.5 Å². The molecule has 0 radical (unpaired) electrons. The molecular formula is C15H14BrF3N2. The number of pyridine rings is 1. The number of hydrogen-bond acceptors (Lipinski definition) is 2. The minimum Gasteiger partial charge on any atom is -0.305 e. The van der Waals surface area contributed by atoms with Crippen molar-refractivity contribution in [2.24, 2.45) is 0 Å². The molecule has 0 saturated carbocycles. The Labute approximate surface area is 129 Å². The third-order valence-corrected chi connectivity index (χ3v) is 3.71. The monoisotopic (exact) mass is 358 g/mol. The van der Waals surface area contributed by atoms with E-state index in [1.54, 1.807) is 12.3 Å². The van der Waals surface area contributed by atoms with Gasteiger partial charge in [0.25, 0.3) is 0 Å². The van der Waals surface area contributed by atoms with Crippen molar-refractivity contribution in [3.63, 3.8) is 0 Å². The van der Waals surface area contributed by atoms with Gasteiger partial charge in [-0.15, -0.1) is 0 Å². The van der Waals surface area contributed by atoms with Gasteiger partial charge < -0.3 is 5.32 Å². The highest BCUT2D eigenvalue weighted by Gasteiger charge is 2.30. The highest BCUT2D eigenvalue weighted by Crippen LogP contribution is 2.32. The summed E-state index contributed by atoms with van der Waals surface area (Å²) in [5.74, 6) is 0. The minimum atomic E-state index is -4.32. The number of hydrogen-bond donors (Lipinski definition) is 1. The molecule has 2 nitrogen and oxygen atoms in total. The zero-order chi connectivity index (χ0) is 15.5. The Balaban J connectivity index is 2.37. The number of rotatable bonds is 4. The summed E-state index contributed by atoms with van der Waals surface area (Å²) in [7, 11) is 0. The Kier molecular flexibility index (Phi) is 5.00. The summed E-state index contributed by atoms with van der Waals surface area (Å²) in [4.78, 5) is 4.31. The molecule has 1 heterocycles. The summed E-state index contributed by atoms with van der Waals surface area (Å²) in [6.07, 6.45) is -2.66. The molecule has 0 spiro atoms. The van der Waals surface area contributed by atoms with Crippen molar-refractivity contribution in [3.05, 3.63) is 63.9 Å². The maximum absolute atomic E-state index is 12.6. The summed E-state index contributed by atoms with van der Waals surface area (Å²) in [5, 5.41) is 3.24. The number of nitrogens with zero attached hydrogens (tertiary/aromatic N) is 1. The average Bonchev–Trinajstić information content (AvgIpc) is 2.45. The molecule has 1 unspecified atom stereocenters. The van der Waals surface area contributed by atoms with Crippen LogP contribution >= 0.6 is 15.9 Å². The van der Waals surface area contributed by atoms with Crippen molar-refractivity contribution in [2.75, 3.05) is 6.54 Å². The molecule has 0 saturated heterocycles.